The molecule has 1 aromatic rings. The number of amides is 2. The molecule has 0 bridgehead atoms. The van der Waals surface area contributed by atoms with E-state index in [1.165, 1.54) is 17.8 Å². The summed E-state index contributed by atoms with van der Waals surface area (Å²) in [6, 6.07) is 4.60. The number of carbonyl (C=O) groups excluding carboxylic acids is 2. The smallest absolute Gasteiger partial charge is 0.282 e. The molecule has 3 rings (SSSR count). The van der Waals surface area contributed by atoms with Gasteiger partial charge in [0, 0.05) is 43.2 Å². The summed E-state index contributed by atoms with van der Waals surface area (Å²) >= 11 is 1.44. The van der Waals surface area contributed by atoms with Crippen molar-refractivity contribution in [1.82, 2.24) is 15.1 Å². The summed E-state index contributed by atoms with van der Waals surface area (Å²) in [6.45, 7) is 2.68. The van der Waals surface area contributed by atoms with Crippen molar-refractivity contribution in [2.24, 2.45) is 0 Å². The SMILES string of the molecule is CSc1ccc([N+](=O)[O-])c(C(=O)N2CCCC(N3CCNCC3=O)C2)c1. The maximum Gasteiger partial charge on any atom is 0.282 e. The van der Waals surface area contributed by atoms with Crippen LogP contribution in [-0.4, -0.2) is 71.6 Å². The van der Waals surface area contributed by atoms with Crippen LogP contribution in [0.1, 0.15) is 23.2 Å². The van der Waals surface area contributed by atoms with Crippen LogP contribution >= 0.6 is 11.8 Å². The van der Waals surface area contributed by atoms with E-state index in [0.29, 0.717) is 26.2 Å². The van der Waals surface area contributed by atoms with Crippen molar-refractivity contribution in [2.75, 3.05) is 39.0 Å². The Morgan fingerprint density at radius 3 is 2.88 bits per heavy atom. The van der Waals surface area contributed by atoms with E-state index in [0.717, 1.165) is 24.3 Å². The number of nitro groups is 1. The Hall–Kier alpha value is -2.13. The molecule has 9 heteroatoms. The Labute approximate surface area is 156 Å². The Morgan fingerprint density at radius 2 is 2.19 bits per heavy atom. The summed E-state index contributed by atoms with van der Waals surface area (Å²) in [5, 5.41) is 14.4. The van der Waals surface area contributed by atoms with Crippen molar-refractivity contribution in [1.29, 1.82) is 0 Å². The largest absolute Gasteiger partial charge is 0.336 e. The van der Waals surface area contributed by atoms with Crippen molar-refractivity contribution in [3.8, 4) is 0 Å². The molecule has 2 saturated heterocycles. The van der Waals surface area contributed by atoms with Crippen molar-refractivity contribution < 1.29 is 14.5 Å². The first-order valence-electron chi connectivity index (χ1n) is 8.63. The predicted molar refractivity (Wildman–Crippen MR) is 98.4 cm³/mol. The summed E-state index contributed by atoms with van der Waals surface area (Å²) in [5.74, 6) is -0.286. The molecule has 2 aliphatic rings. The van der Waals surface area contributed by atoms with Crippen LogP contribution < -0.4 is 5.32 Å². The van der Waals surface area contributed by atoms with Gasteiger partial charge in [0.15, 0.2) is 0 Å². The summed E-state index contributed by atoms with van der Waals surface area (Å²) in [7, 11) is 0. The van der Waals surface area contributed by atoms with E-state index >= 15 is 0 Å². The highest BCUT2D eigenvalue weighted by molar-refractivity contribution is 7.98. The lowest BCUT2D eigenvalue weighted by atomic mass is 10.0. The first-order chi connectivity index (χ1) is 12.5. The van der Waals surface area contributed by atoms with E-state index in [1.54, 1.807) is 17.0 Å². The second-order valence-corrected chi connectivity index (χ2v) is 7.33. The second kappa shape index (κ2) is 8.05. The highest BCUT2D eigenvalue weighted by atomic mass is 32.2. The second-order valence-electron chi connectivity index (χ2n) is 6.45. The van der Waals surface area contributed by atoms with Gasteiger partial charge in [-0.2, -0.15) is 0 Å². The fraction of sp³-hybridized carbons (Fsp3) is 0.529. The van der Waals surface area contributed by atoms with Gasteiger partial charge < -0.3 is 15.1 Å². The first kappa shape index (κ1) is 18.7. The Morgan fingerprint density at radius 1 is 1.38 bits per heavy atom. The fourth-order valence-corrected chi connectivity index (χ4v) is 3.98. The van der Waals surface area contributed by atoms with Gasteiger partial charge in [0.25, 0.3) is 11.6 Å². The van der Waals surface area contributed by atoms with Crippen LogP contribution in [-0.2, 0) is 4.79 Å². The number of hydrogen-bond donors (Lipinski definition) is 1. The van der Waals surface area contributed by atoms with Crippen molar-refractivity contribution in [2.45, 2.75) is 23.8 Å². The molecular weight excluding hydrogens is 356 g/mol. The summed E-state index contributed by atoms with van der Waals surface area (Å²) in [4.78, 5) is 40.2. The van der Waals surface area contributed by atoms with Crippen molar-refractivity contribution in [3.63, 3.8) is 0 Å². The van der Waals surface area contributed by atoms with Gasteiger partial charge in [-0.25, -0.2) is 0 Å². The molecule has 2 fully saturated rings. The van der Waals surface area contributed by atoms with Gasteiger partial charge in [-0.15, -0.1) is 11.8 Å². The number of nitrogens with zero attached hydrogens (tertiary/aromatic N) is 3. The maximum absolute atomic E-state index is 13.0. The molecule has 0 aliphatic carbocycles. The van der Waals surface area contributed by atoms with Gasteiger partial charge >= 0.3 is 0 Å². The molecule has 0 radical (unpaired) electrons. The first-order valence-corrected chi connectivity index (χ1v) is 9.85. The van der Waals surface area contributed by atoms with Gasteiger partial charge in [0.1, 0.15) is 5.56 Å². The van der Waals surface area contributed by atoms with E-state index in [2.05, 4.69) is 5.32 Å². The predicted octanol–water partition coefficient (Wildman–Crippen LogP) is 1.35. The zero-order valence-corrected chi connectivity index (χ0v) is 15.5. The average Bonchev–Trinajstić information content (AvgIpc) is 2.67. The lowest BCUT2D eigenvalue weighted by molar-refractivity contribution is -0.385. The highest BCUT2D eigenvalue weighted by Crippen LogP contribution is 2.27. The molecule has 1 unspecified atom stereocenters. The molecule has 140 valence electrons. The third-order valence-electron chi connectivity index (χ3n) is 4.88. The van der Waals surface area contributed by atoms with Crippen LogP contribution in [0.2, 0.25) is 0 Å². The summed E-state index contributed by atoms with van der Waals surface area (Å²) in [6.07, 6.45) is 3.49. The fourth-order valence-electron chi connectivity index (χ4n) is 3.54. The minimum atomic E-state index is -0.515. The van der Waals surface area contributed by atoms with Crippen LogP contribution in [0.3, 0.4) is 0 Å². The molecular formula is C17H22N4O4S. The quantitative estimate of drug-likeness (QED) is 0.483. The Balaban J connectivity index is 1.81. The van der Waals surface area contributed by atoms with Crippen LogP contribution in [0, 0.1) is 10.1 Å². The van der Waals surface area contributed by atoms with Crippen LogP contribution in [0.5, 0.6) is 0 Å². The van der Waals surface area contributed by atoms with E-state index < -0.39 is 4.92 Å². The number of likely N-dealkylation sites (tertiary alicyclic amines) is 1. The zero-order chi connectivity index (χ0) is 18.7. The van der Waals surface area contributed by atoms with Gasteiger partial charge in [0.05, 0.1) is 11.5 Å². The maximum atomic E-state index is 13.0. The lowest BCUT2D eigenvalue weighted by Crippen LogP contribution is -2.57. The molecule has 2 aliphatic heterocycles. The number of carbonyl (C=O) groups is 2. The molecule has 0 spiro atoms. The molecule has 0 saturated carbocycles. The number of nitrogens with one attached hydrogen (secondary N) is 1. The lowest BCUT2D eigenvalue weighted by Gasteiger charge is -2.41. The Bertz CT molecular complexity index is 727. The minimum Gasteiger partial charge on any atom is -0.336 e. The topological polar surface area (TPSA) is 95.8 Å². The number of benzene rings is 1. The summed E-state index contributed by atoms with van der Waals surface area (Å²) < 4.78 is 0. The molecule has 8 nitrogen and oxygen atoms in total. The Kier molecular flexibility index (Phi) is 5.77. The van der Waals surface area contributed by atoms with E-state index in [-0.39, 0.29) is 29.1 Å². The third kappa shape index (κ3) is 3.83. The standard InChI is InChI=1S/C17H22N4O4S/c1-26-13-4-5-15(21(24)25)14(9-13)17(23)19-7-2-3-12(11-19)20-8-6-18-10-16(20)22/h4-5,9,12,18H,2-3,6-8,10-11H2,1H3. The van der Waals surface area contributed by atoms with Gasteiger partial charge in [-0.3, -0.25) is 19.7 Å². The molecule has 1 aromatic carbocycles. The number of hydrogen-bond acceptors (Lipinski definition) is 6. The van der Waals surface area contributed by atoms with Crippen molar-refractivity contribution in [3.05, 3.63) is 33.9 Å². The van der Waals surface area contributed by atoms with E-state index in [9.17, 15) is 19.7 Å². The number of piperidine rings is 1. The number of rotatable bonds is 4. The molecule has 1 N–H and O–H groups in total. The molecule has 26 heavy (non-hydrogen) atoms. The minimum absolute atomic E-state index is 0.0231. The monoisotopic (exact) mass is 378 g/mol. The van der Waals surface area contributed by atoms with Crippen LogP contribution in [0.4, 0.5) is 5.69 Å². The summed E-state index contributed by atoms with van der Waals surface area (Å²) in [5.41, 5.74) is -0.0534. The van der Waals surface area contributed by atoms with Crippen LogP contribution in [0.15, 0.2) is 23.1 Å². The molecule has 2 heterocycles. The number of thioether (sulfide) groups is 1. The normalized spacial score (nSPS) is 21.0. The molecule has 1 atom stereocenters. The van der Waals surface area contributed by atoms with Crippen LogP contribution in [0.25, 0.3) is 0 Å². The van der Waals surface area contributed by atoms with E-state index in [1.807, 2.05) is 11.2 Å². The van der Waals surface area contributed by atoms with Crippen molar-refractivity contribution >= 4 is 29.3 Å². The van der Waals surface area contributed by atoms with Gasteiger partial charge in [0.2, 0.25) is 5.91 Å². The van der Waals surface area contributed by atoms with Gasteiger partial charge in [-0.1, -0.05) is 0 Å². The molecule has 0 aromatic heterocycles. The highest BCUT2D eigenvalue weighted by Gasteiger charge is 2.33. The zero-order valence-electron chi connectivity index (χ0n) is 14.6. The number of piperazine rings is 1. The van der Waals surface area contributed by atoms with E-state index in [4.69, 9.17) is 0 Å². The number of nitro benzene ring substituents is 1. The molecule has 2 amide bonds. The third-order valence-corrected chi connectivity index (χ3v) is 5.61. The average molecular weight is 378 g/mol. The van der Waals surface area contributed by atoms with Gasteiger partial charge in [-0.05, 0) is 31.2 Å².